The van der Waals surface area contributed by atoms with Crippen molar-refractivity contribution in [2.24, 2.45) is 0 Å². The molecule has 0 radical (unpaired) electrons. The SMILES string of the molecule is COC(=O)C(C)NC(=O)OC[n+]1cccc(C(=O)NCCO[N+](=O)[O-])c1. The molecule has 142 valence electrons. The number of carbonyl (C=O) groups is 3. The van der Waals surface area contributed by atoms with Gasteiger partial charge in [0.05, 0.1) is 7.11 Å². The number of esters is 1. The van der Waals surface area contributed by atoms with E-state index in [4.69, 9.17) is 4.74 Å². The zero-order chi connectivity index (χ0) is 19.5. The summed E-state index contributed by atoms with van der Waals surface area (Å²) in [7, 11) is 1.20. The van der Waals surface area contributed by atoms with Gasteiger partial charge in [0, 0.05) is 12.6 Å². The molecule has 0 aliphatic carbocycles. The molecule has 1 unspecified atom stereocenters. The third kappa shape index (κ3) is 7.42. The van der Waals surface area contributed by atoms with Crippen molar-refractivity contribution in [3.05, 3.63) is 40.2 Å². The molecule has 0 bridgehead atoms. The molecule has 1 heterocycles. The van der Waals surface area contributed by atoms with Crippen molar-refractivity contribution in [1.82, 2.24) is 10.6 Å². The zero-order valence-electron chi connectivity index (χ0n) is 14.2. The van der Waals surface area contributed by atoms with E-state index in [0.29, 0.717) is 0 Å². The zero-order valence-corrected chi connectivity index (χ0v) is 14.2. The number of pyridine rings is 1. The summed E-state index contributed by atoms with van der Waals surface area (Å²) in [5.41, 5.74) is 0.251. The van der Waals surface area contributed by atoms with Crippen molar-refractivity contribution in [2.45, 2.75) is 19.7 Å². The summed E-state index contributed by atoms with van der Waals surface area (Å²) in [6, 6.07) is 2.20. The topological polar surface area (TPSA) is 150 Å². The van der Waals surface area contributed by atoms with Crippen molar-refractivity contribution in [3.8, 4) is 0 Å². The third-order valence-electron chi connectivity index (χ3n) is 2.94. The van der Waals surface area contributed by atoms with E-state index < -0.39 is 29.1 Å². The van der Waals surface area contributed by atoms with Crippen LogP contribution in [-0.2, 0) is 25.8 Å². The molecular weight excluding hydrogens is 352 g/mol. The molecule has 2 N–H and O–H groups in total. The summed E-state index contributed by atoms with van der Waals surface area (Å²) >= 11 is 0. The number of nitrogens with zero attached hydrogens (tertiary/aromatic N) is 2. The minimum absolute atomic E-state index is 0.0426. The standard InChI is InChI=1S/C14H18N4O8/c1-10(13(20)24-2)16-14(21)25-9-17-6-3-4-11(8-17)12(19)15-5-7-26-18(22)23/h3-4,6,8,10H,5,7,9H2,1-2H3,(H-,15,16,19,21)/p+1. The molecule has 1 aromatic heterocycles. The molecule has 12 nitrogen and oxygen atoms in total. The number of alkyl carbamates (subject to hydrolysis) is 1. The van der Waals surface area contributed by atoms with Gasteiger partial charge in [0.15, 0.2) is 12.4 Å². The van der Waals surface area contributed by atoms with Gasteiger partial charge in [-0.05, 0) is 13.0 Å². The van der Waals surface area contributed by atoms with Gasteiger partial charge in [0.2, 0.25) is 0 Å². The highest BCUT2D eigenvalue weighted by Gasteiger charge is 2.18. The second-order valence-corrected chi connectivity index (χ2v) is 4.87. The smallest absolute Gasteiger partial charge is 0.412 e. The fraction of sp³-hybridized carbons (Fsp3) is 0.429. The van der Waals surface area contributed by atoms with Gasteiger partial charge in [-0.1, -0.05) is 0 Å². The molecule has 1 atom stereocenters. The third-order valence-corrected chi connectivity index (χ3v) is 2.94. The molecule has 0 spiro atoms. The highest BCUT2D eigenvalue weighted by Crippen LogP contribution is 1.95. The largest absolute Gasteiger partial charge is 0.467 e. The Balaban J connectivity index is 2.48. The lowest BCUT2D eigenvalue weighted by atomic mass is 10.2. The molecule has 2 amide bonds. The lowest BCUT2D eigenvalue weighted by molar-refractivity contribution is -0.757. The maximum atomic E-state index is 11.9. The lowest BCUT2D eigenvalue weighted by Crippen LogP contribution is -2.43. The van der Waals surface area contributed by atoms with Crippen LogP contribution in [0.2, 0.25) is 0 Å². The van der Waals surface area contributed by atoms with E-state index in [0.717, 1.165) is 0 Å². The molecule has 0 aliphatic rings. The summed E-state index contributed by atoms with van der Waals surface area (Å²) in [5, 5.41) is 13.8. The Hall–Kier alpha value is -3.44. The highest BCUT2D eigenvalue weighted by atomic mass is 16.9. The maximum Gasteiger partial charge on any atom is 0.412 e. The number of carbonyl (C=O) groups excluding carboxylic acids is 3. The summed E-state index contributed by atoms with van der Waals surface area (Å²) < 4.78 is 10.8. The first-order chi connectivity index (χ1) is 12.3. The van der Waals surface area contributed by atoms with Crippen LogP contribution in [0.4, 0.5) is 4.79 Å². The van der Waals surface area contributed by atoms with Crippen molar-refractivity contribution < 1.29 is 38.3 Å². The van der Waals surface area contributed by atoms with Crippen LogP contribution in [-0.4, -0.2) is 49.4 Å². The second kappa shape index (κ2) is 10.4. The molecule has 0 saturated carbocycles. The molecule has 0 saturated heterocycles. The van der Waals surface area contributed by atoms with Crippen LogP contribution in [0.1, 0.15) is 17.3 Å². The first kappa shape index (κ1) is 20.6. The van der Waals surface area contributed by atoms with Crippen LogP contribution in [0.5, 0.6) is 0 Å². The Labute approximate surface area is 148 Å². The lowest BCUT2D eigenvalue weighted by Gasteiger charge is -2.10. The van der Waals surface area contributed by atoms with Gasteiger partial charge in [0.1, 0.15) is 18.2 Å². The Bertz CT molecular complexity index is 666. The minimum atomic E-state index is -0.952. The van der Waals surface area contributed by atoms with Gasteiger partial charge in [-0.2, -0.15) is 4.57 Å². The number of aromatic nitrogens is 1. The van der Waals surface area contributed by atoms with Crippen molar-refractivity contribution in [2.75, 3.05) is 20.3 Å². The number of hydrogen-bond acceptors (Lipinski definition) is 8. The van der Waals surface area contributed by atoms with Crippen LogP contribution in [0.3, 0.4) is 0 Å². The van der Waals surface area contributed by atoms with Crippen LogP contribution in [0.15, 0.2) is 24.5 Å². The Kier molecular flexibility index (Phi) is 8.27. The molecule has 1 rings (SSSR count). The first-order valence-electron chi connectivity index (χ1n) is 7.39. The predicted octanol–water partition coefficient (Wildman–Crippen LogP) is -0.843. The highest BCUT2D eigenvalue weighted by molar-refractivity contribution is 5.93. The summed E-state index contributed by atoms with van der Waals surface area (Å²) in [6.07, 6.45) is 2.15. The van der Waals surface area contributed by atoms with E-state index in [1.807, 2.05) is 0 Å². The predicted molar refractivity (Wildman–Crippen MR) is 83.0 cm³/mol. The number of methoxy groups -OCH3 is 1. The summed E-state index contributed by atoms with van der Waals surface area (Å²) in [5.74, 6) is -1.09. The first-order valence-corrected chi connectivity index (χ1v) is 7.39. The van der Waals surface area contributed by atoms with E-state index in [-0.39, 0.29) is 25.4 Å². The molecule has 1 aromatic rings. The number of rotatable bonds is 9. The average molecular weight is 371 g/mol. The average Bonchev–Trinajstić information content (AvgIpc) is 2.62. The Morgan fingerprint density at radius 2 is 2.12 bits per heavy atom. The maximum absolute atomic E-state index is 11.9. The Morgan fingerprint density at radius 1 is 1.38 bits per heavy atom. The van der Waals surface area contributed by atoms with E-state index in [2.05, 4.69) is 20.2 Å². The van der Waals surface area contributed by atoms with Gasteiger partial charge in [-0.15, -0.1) is 10.1 Å². The normalized spacial score (nSPS) is 11.0. The van der Waals surface area contributed by atoms with E-state index in [1.54, 1.807) is 12.3 Å². The fourth-order valence-corrected chi connectivity index (χ4v) is 1.71. The quantitative estimate of drug-likeness (QED) is 0.187. The van der Waals surface area contributed by atoms with Crippen molar-refractivity contribution in [3.63, 3.8) is 0 Å². The fourth-order valence-electron chi connectivity index (χ4n) is 1.71. The number of nitrogens with one attached hydrogen (secondary N) is 2. The second-order valence-electron chi connectivity index (χ2n) is 4.87. The van der Waals surface area contributed by atoms with Gasteiger partial charge >= 0.3 is 12.1 Å². The van der Waals surface area contributed by atoms with Gasteiger partial charge in [-0.3, -0.25) is 4.79 Å². The summed E-state index contributed by atoms with van der Waals surface area (Å²) in [6.45, 7) is 0.922. The van der Waals surface area contributed by atoms with Crippen LogP contribution >= 0.6 is 0 Å². The van der Waals surface area contributed by atoms with Crippen LogP contribution in [0.25, 0.3) is 0 Å². The molecular formula is C14H19N4O8+. The Morgan fingerprint density at radius 3 is 2.77 bits per heavy atom. The number of ether oxygens (including phenoxy) is 2. The van der Waals surface area contributed by atoms with E-state index in [9.17, 15) is 24.5 Å². The molecule has 12 heteroatoms. The molecule has 0 aliphatic heterocycles. The molecule has 0 fully saturated rings. The van der Waals surface area contributed by atoms with E-state index in [1.165, 1.54) is 30.9 Å². The molecule has 0 aromatic carbocycles. The van der Waals surface area contributed by atoms with Crippen molar-refractivity contribution in [1.29, 1.82) is 0 Å². The van der Waals surface area contributed by atoms with Crippen LogP contribution < -0.4 is 15.2 Å². The summed E-state index contributed by atoms with van der Waals surface area (Å²) in [4.78, 5) is 48.8. The monoisotopic (exact) mass is 371 g/mol. The molecule has 26 heavy (non-hydrogen) atoms. The van der Waals surface area contributed by atoms with Gasteiger partial charge < -0.3 is 24.9 Å². The minimum Gasteiger partial charge on any atom is -0.467 e. The number of hydrogen-bond donors (Lipinski definition) is 2. The van der Waals surface area contributed by atoms with Gasteiger partial charge in [-0.25, -0.2) is 9.59 Å². The van der Waals surface area contributed by atoms with Gasteiger partial charge in [0.25, 0.3) is 17.7 Å². The van der Waals surface area contributed by atoms with Crippen LogP contribution in [0, 0.1) is 10.1 Å². The number of amides is 2. The van der Waals surface area contributed by atoms with Crippen molar-refractivity contribution >= 4 is 18.0 Å². The van der Waals surface area contributed by atoms with E-state index >= 15 is 0 Å².